The molecule has 0 atom stereocenters. The zero-order chi connectivity index (χ0) is 22.6. The Morgan fingerprint density at radius 3 is 2.42 bits per heavy atom. The lowest BCUT2D eigenvalue weighted by Crippen LogP contribution is -2.51. The third-order valence-electron chi connectivity index (χ3n) is 6.17. The Morgan fingerprint density at radius 2 is 1.67 bits per heavy atom. The van der Waals surface area contributed by atoms with Crippen molar-refractivity contribution < 1.29 is 14.3 Å². The number of ether oxygens (including phenoxy) is 1. The van der Waals surface area contributed by atoms with Gasteiger partial charge in [-0.05, 0) is 37.1 Å². The van der Waals surface area contributed by atoms with Gasteiger partial charge in [-0.1, -0.05) is 30.3 Å². The van der Waals surface area contributed by atoms with Crippen LogP contribution in [0.5, 0.6) is 5.75 Å². The van der Waals surface area contributed by atoms with E-state index in [1.54, 1.807) is 0 Å². The fourth-order valence-electron chi connectivity index (χ4n) is 4.17. The fourth-order valence-corrected chi connectivity index (χ4v) is 4.17. The monoisotopic (exact) mass is 447 g/mol. The van der Waals surface area contributed by atoms with Crippen LogP contribution in [0.25, 0.3) is 11.0 Å². The summed E-state index contributed by atoms with van der Waals surface area (Å²) >= 11 is 0. The van der Waals surface area contributed by atoms with Crippen molar-refractivity contribution in [3.63, 3.8) is 0 Å². The van der Waals surface area contributed by atoms with Gasteiger partial charge in [-0.15, -0.1) is 0 Å². The van der Waals surface area contributed by atoms with E-state index in [4.69, 9.17) is 9.72 Å². The van der Waals surface area contributed by atoms with Gasteiger partial charge in [0.1, 0.15) is 24.7 Å². The van der Waals surface area contributed by atoms with Gasteiger partial charge in [0, 0.05) is 32.2 Å². The van der Waals surface area contributed by atoms with Crippen LogP contribution in [0.4, 0.5) is 0 Å². The highest BCUT2D eigenvalue weighted by molar-refractivity contribution is 5.81. The number of piperazine rings is 1. The van der Waals surface area contributed by atoms with Crippen molar-refractivity contribution in [3.8, 4) is 5.75 Å². The second-order valence-corrected chi connectivity index (χ2v) is 8.70. The number of para-hydroxylation sites is 3. The van der Waals surface area contributed by atoms with E-state index >= 15 is 0 Å². The third-order valence-corrected chi connectivity index (χ3v) is 6.17. The first-order valence-electron chi connectivity index (χ1n) is 11.6. The maximum Gasteiger partial charge on any atom is 0.242 e. The summed E-state index contributed by atoms with van der Waals surface area (Å²) in [6.07, 6.45) is 2.19. The van der Waals surface area contributed by atoms with Crippen molar-refractivity contribution in [2.24, 2.45) is 0 Å². The van der Waals surface area contributed by atoms with Gasteiger partial charge in [0.25, 0.3) is 0 Å². The Balaban J connectivity index is 1.22. The van der Waals surface area contributed by atoms with Crippen LogP contribution in [0, 0.1) is 0 Å². The first-order valence-corrected chi connectivity index (χ1v) is 11.6. The molecule has 1 aliphatic carbocycles. The maximum absolute atomic E-state index is 13.2. The summed E-state index contributed by atoms with van der Waals surface area (Å²) in [5, 5.41) is 3.03. The predicted molar refractivity (Wildman–Crippen MR) is 125 cm³/mol. The molecule has 2 aliphatic rings. The first kappa shape index (κ1) is 21.5. The lowest BCUT2D eigenvalue weighted by atomic mass is 10.3. The number of rotatable bonds is 8. The van der Waals surface area contributed by atoms with E-state index in [1.807, 2.05) is 64.1 Å². The number of benzene rings is 2. The van der Waals surface area contributed by atoms with Crippen molar-refractivity contribution in [1.29, 1.82) is 0 Å². The molecule has 0 unspecified atom stereocenters. The number of imidazole rings is 1. The van der Waals surface area contributed by atoms with Gasteiger partial charge in [0.15, 0.2) is 0 Å². The van der Waals surface area contributed by atoms with E-state index in [9.17, 15) is 9.59 Å². The Labute approximate surface area is 193 Å². The summed E-state index contributed by atoms with van der Waals surface area (Å²) in [5.74, 6) is 1.64. The molecule has 2 fully saturated rings. The van der Waals surface area contributed by atoms with E-state index in [-0.39, 0.29) is 25.0 Å². The quantitative estimate of drug-likeness (QED) is 0.572. The number of fused-ring (bicyclic) bond motifs is 1. The molecule has 1 aromatic heterocycles. The molecule has 2 amide bonds. The minimum absolute atomic E-state index is 0.0567. The van der Waals surface area contributed by atoms with Crippen LogP contribution >= 0.6 is 0 Å². The van der Waals surface area contributed by atoms with Crippen LogP contribution in [0.2, 0.25) is 0 Å². The Bertz CT molecular complexity index is 1120. The van der Waals surface area contributed by atoms with Gasteiger partial charge in [-0.25, -0.2) is 4.98 Å². The van der Waals surface area contributed by atoms with E-state index in [1.165, 1.54) is 0 Å². The molecule has 8 heteroatoms. The Hall–Kier alpha value is -3.39. The lowest BCUT2D eigenvalue weighted by Gasteiger charge is -2.34. The van der Waals surface area contributed by atoms with Gasteiger partial charge >= 0.3 is 0 Å². The number of hydrogen-bond donors (Lipinski definition) is 1. The van der Waals surface area contributed by atoms with Crippen molar-refractivity contribution in [1.82, 2.24) is 24.7 Å². The summed E-state index contributed by atoms with van der Waals surface area (Å²) in [6, 6.07) is 17.8. The molecule has 2 aromatic carbocycles. The van der Waals surface area contributed by atoms with Crippen LogP contribution in [-0.2, 0) is 22.7 Å². The standard InChI is InChI=1S/C25H29N5O3/c31-24(26-19-10-11-19)16-28-12-14-29(15-13-28)25(32)17-30-22-9-5-4-8-21(22)27-23(30)18-33-20-6-2-1-3-7-20/h1-9,19H,10-18H2,(H,26,31). The molecule has 1 saturated carbocycles. The molecule has 0 spiro atoms. The lowest BCUT2D eigenvalue weighted by molar-refractivity contribution is -0.133. The Kier molecular flexibility index (Phi) is 6.26. The average molecular weight is 448 g/mol. The summed E-state index contributed by atoms with van der Waals surface area (Å²) < 4.78 is 7.87. The van der Waals surface area contributed by atoms with Gasteiger partial charge < -0.3 is 19.5 Å². The van der Waals surface area contributed by atoms with Gasteiger partial charge in [0.05, 0.1) is 17.6 Å². The van der Waals surface area contributed by atoms with Crippen LogP contribution in [-0.4, -0.2) is 69.9 Å². The Morgan fingerprint density at radius 1 is 0.939 bits per heavy atom. The molecule has 2 heterocycles. The number of nitrogens with zero attached hydrogens (tertiary/aromatic N) is 4. The van der Waals surface area contributed by atoms with E-state index in [2.05, 4.69) is 10.2 Å². The molecule has 3 aromatic rings. The highest BCUT2D eigenvalue weighted by Crippen LogP contribution is 2.20. The SMILES string of the molecule is O=C(CN1CCN(C(=O)Cn2c(COc3ccccc3)nc3ccccc32)CC1)NC1CC1. The summed E-state index contributed by atoms with van der Waals surface area (Å²) in [4.78, 5) is 33.9. The average Bonchev–Trinajstić information content (AvgIpc) is 3.58. The minimum atomic E-state index is 0.0567. The summed E-state index contributed by atoms with van der Waals surface area (Å²) in [6.45, 7) is 3.57. The smallest absolute Gasteiger partial charge is 0.242 e. The van der Waals surface area contributed by atoms with Crippen LogP contribution in [0.15, 0.2) is 54.6 Å². The molecular weight excluding hydrogens is 418 g/mol. The fraction of sp³-hybridized carbons (Fsp3) is 0.400. The number of carbonyl (C=O) groups excluding carboxylic acids is 2. The maximum atomic E-state index is 13.2. The van der Waals surface area contributed by atoms with Gasteiger partial charge in [-0.3, -0.25) is 14.5 Å². The second-order valence-electron chi connectivity index (χ2n) is 8.70. The van der Waals surface area contributed by atoms with Gasteiger partial charge in [0.2, 0.25) is 11.8 Å². The van der Waals surface area contributed by atoms with E-state index in [0.717, 1.165) is 35.4 Å². The molecule has 172 valence electrons. The number of nitrogens with one attached hydrogen (secondary N) is 1. The number of hydrogen-bond acceptors (Lipinski definition) is 5. The van der Waals surface area contributed by atoms with Crippen molar-refractivity contribution in [2.75, 3.05) is 32.7 Å². The largest absolute Gasteiger partial charge is 0.486 e. The number of carbonyl (C=O) groups is 2. The summed E-state index contributed by atoms with van der Waals surface area (Å²) in [7, 11) is 0. The molecule has 33 heavy (non-hydrogen) atoms. The molecule has 1 N–H and O–H groups in total. The normalized spacial score (nSPS) is 16.7. The van der Waals surface area contributed by atoms with Gasteiger partial charge in [-0.2, -0.15) is 0 Å². The molecule has 8 nitrogen and oxygen atoms in total. The van der Waals surface area contributed by atoms with Crippen molar-refractivity contribution in [3.05, 3.63) is 60.4 Å². The van der Waals surface area contributed by atoms with Crippen LogP contribution in [0.1, 0.15) is 18.7 Å². The topological polar surface area (TPSA) is 79.7 Å². The molecular formula is C25H29N5O3. The highest BCUT2D eigenvalue weighted by atomic mass is 16.5. The zero-order valence-corrected chi connectivity index (χ0v) is 18.7. The minimum Gasteiger partial charge on any atom is -0.486 e. The molecule has 1 aliphatic heterocycles. The van der Waals surface area contributed by atoms with Crippen LogP contribution < -0.4 is 10.1 Å². The second kappa shape index (κ2) is 9.62. The number of aromatic nitrogens is 2. The van der Waals surface area contributed by atoms with Crippen molar-refractivity contribution in [2.45, 2.75) is 32.0 Å². The molecule has 1 saturated heterocycles. The third kappa shape index (κ3) is 5.34. The van der Waals surface area contributed by atoms with E-state index < -0.39 is 0 Å². The molecule has 0 bridgehead atoms. The van der Waals surface area contributed by atoms with E-state index in [0.29, 0.717) is 38.8 Å². The summed E-state index contributed by atoms with van der Waals surface area (Å²) in [5.41, 5.74) is 1.77. The first-order chi connectivity index (χ1) is 16.2. The van der Waals surface area contributed by atoms with Crippen LogP contribution in [0.3, 0.4) is 0 Å². The molecule has 5 rings (SSSR count). The predicted octanol–water partition coefficient (Wildman–Crippen LogP) is 2.04. The number of amides is 2. The van der Waals surface area contributed by atoms with Crippen molar-refractivity contribution >= 4 is 22.8 Å². The molecule has 0 radical (unpaired) electrons. The highest BCUT2D eigenvalue weighted by Gasteiger charge is 2.27. The zero-order valence-electron chi connectivity index (χ0n) is 18.7.